The Morgan fingerprint density at radius 3 is 1.89 bits per heavy atom. The number of aryl methyl sites for hydroxylation is 2. The van der Waals surface area contributed by atoms with Crippen LogP contribution >= 0.6 is 0 Å². The Bertz CT molecular complexity index is 2010. The van der Waals surface area contributed by atoms with Crippen LogP contribution in [0.3, 0.4) is 0 Å². The fourth-order valence-electron chi connectivity index (χ4n) is 5.16. The number of rotatable bonds is 11. The van der Waals surface area contributed by atoms with Gasteiger partial charge in [0.05, 0.1) is 82.2 Å². The number of hydrogen-bond donors (Lipinski definition) is 6. The van der Waals surface area contributed by atoms with Crippen molar-refractivity contribution < 1.29 is 0 Å². The van der Waals surface area contributed by atoms with E-state index in [9.17, 15) is 0 Å². The van der Waals surface area contributed by atoms with Gasteiger partial charge in [0.1, 0.15) is 11.4 Å². The van der Waals surface area contributed by atoms with Crippen LogP contribution in [-0.4, -0.2) is 24.9 Å². The molecule has 0 aliphatic carbocycles. The monoisotopic (exact) mass is 623 g/mol. The van der Waals surface area contributed by atoms with Crippen molar-refractivity contribution in [2.24, 2.45) is 0 Å². The summed E-state index contributed by atoms with van der Waals surface area (Å²) in [5.41, 5.74) is 30.5. The topological polar surface area (TPSA) is 179 Å². The quantitative estimate of drug-likeness (QED) is 0.0906. The Balaban J connectivity index is 1.17. The first-order valence-electron chi connectivity index (χ1n) is 15.3. The standard InChI is InChI=1S/C36H37N11/c1-22-12-13-27(37)31(17-22)43-20-25-9-6-11-30(47-25)36-34(39)32(18-23(2)45-36)44-21-26-8-5-10-29(46-26)35-33(38)28(14-16-41-35)42-19-24-7-3-4-15-40-24/h3-18,43H,19-21,37-39H2,1-2H3,(H,41,42)(H,44,45). The summed E-state index contributed by atoms with van der Waals surface area (Å²) in [6.07, 6.45) is 3.49. The first-order valence-corrected chi connectivity index (χ1v) is 15.3. The molecule has 5 heterocycles. The van der Waals surface area contributed by atoms with Crippen molar-refractivity contribution in [3.8, 4) is 22.8 Å². The van der Waals surface area contributed by atoms with Crippen LogP contribution in [0.4, 0.5) is 34.1 Å². The van der Waals surface area contributed by atoms with Crippen LogP contribution < -0.4 is 33.2 Å². The van der Waals surface area contributed by atoms with Gasteiger partial charge in [-0.3, -0.25) is 9.97 Å². The molecule has 236 valence electrons. The predicted octanol–water partition coefficient (Wildman–Crippen LogP) is 6.20. The largest absolute Gasteiger partial charge is 0.397 e. The molecular formula is C36H37N11. The number of hydrogen-bond acceptors (Lipinski definition) is 11. The molecule has 1 aromatic carbocycles. The summed E-state index contributed by atoms with van der Waals surface area (Å²) in [5.74, 6) is 0. The third-order valence-corrected chi connectivity index (χ3v) is 7.59. The molecule has 0 saturated heterocycles. The zero-order valence-corrected chi connectivity index (χ0v) is 26.3. The average Bonchev–Trinajstić information content (AvgIpc) is 3.09. The van der Waals surface area contributed by atoms with Crippen LogP contribution in [0.2, 0.25) is 0 Å². The van der Waals surface area contributed by atoms with Crippen LogP contribution in [0.25, 0.3) is 22.8 Å². The van der Waals surface area contributed by atoms with E-state index >= 15 is 0 Å². The summed E-state index contributed by atoms with van der Waals surface area (Å²) in [5, 5.41) is 10.2. The highest BCUT2D eigenvalue weighted by Gasteiger charge is 2.15. The second-order valence-corrected chi connectivity index (χ2v) is 11.2. The van der Waals surface area contributed by atoms with Crippen molar-refractivity contribution in [3.63, 3.8) is 0 Å². The molecule has 0 amide bonds. The molecule has 6 rings (SSSR count). The predicted molar refractivity (Wildman–Crippen MR) is 190 cm³/mol. The Kier molecular flexibility index (Phi) is 9.05. The number of nitrogens with two attached hydrogens (primary N) is 3. The molecular weight excluding hydrogens is 586 g/mol. The van der Waals surface area contributed by atoms with Crippen LogP contribution in [0.15, 0.2) is 97.3 Å². The number of benzene rings is 1. The molecule has 5 aromatic heterocycles. The summed E-state index contributed by atoms with van der Waals surface area (Å²) >= 11 is 0. The highest BCUT2D eigenvalue weighted by atomic mass is 15.0. The van der Waals surface area contributed by atoms with Crippen LogP contribution in [0, 0.1) is 13.8 Å². The molecule has 0 bridgehead atoms. The third kappa shape index (κ3) is 7.36. The van der Waals surface area contributed by atoms with Gasteiger partial charge in [0, 0.05) is 18.1 Å². The van der Waals surface area contributed by atoms with Crippen molar-refractivity contribution in [1.29, 1.82) is 0 Å². The molecule has 0 fully saturated rings. The maximum atomic E-state index is 6.67. The van der Waals surface area contributed by atoms with E-state index in [1.54, 1.807) is 12.4 Å². The van der Waals surface area contributed by atoms with E-state index in [4.69, 9.17) is 32.2 Å². The smallest absolute Gasteiger partial charge is 0.114 e. The Labute approximate surface area is 273 Å². The molecule has 0 atom stereocenters. The Morgan fingerprint density at radius 2 is 1.17 bits per heavy atom. The van der Waals surface area contributed by atoms with Gasteiger partial charge in [0.15, 0.2) is 0 Å². The number of pyridine rings is 5. The molecule has 0 radical (unpaired) electrons. The van der Waals surface area contributed by atoms with Gasteiger partial charge >= 0.3 is 0 Å². The van der Waals surface area contributed by atoms with Gasteiger partial charge in [-0.25, -0.2) is 15.0 Å². The summed E-state index contributed by atoms with van der Waals surface area (Å²) in [6, 6.07) is 27.1. The van der Waals surface area contributed by atoms with E-state index < -0.39 is 0 Å². The normalized spacial score (nSPS) is 10.9. The van der Waals surface area contributed by atoms with Crippen molar-refractivity contribution in [2.75, 3.05) is 33.2 Å². The van der Waals surface area contributed by atoms with Crippen LogP contribution in [0.5, 0.6) is 0 Å². The van der Waals surface area contributed by atoms with E-state index in [0.717, 1.165) is 45.4 Å². The summed E-state index contributed by atoms with van der Waals surface area (Å²) in [4.78, 5) is 23.3. The van der Waals surface area contributed by atoms with E-state index in [1.807, 2.05) is 98.8 Å². The highest BCUT2D eigenvalue weighted by Crippen LogP contribution is 2.32. The Hall–Kier alpha value is -6.23. The Morgan fingerprint density at radius 1 is 0.532 bits per heavy atom. The van der Waals surface area contributed by atoms with Crippen molar-refractivity contribution >= 4 is 34.1 Å². The van der Waals surface area contributed by atoms with Gasteiger partial charge in [-0.2, -0.15) is 0 Å². The fourth-order valence-corrected chi connectivity index (χ4v) is 5.16. The van der Waals surface area contributed by atoms with E-state index in [0.29, 0.717) is 59.5 Å². The second kappa shape index (κ2) is 13.8. The molecule has 0 saturated carbocycles. The first kappa shape index (κ1) is 30.8. The van der Waals surface area contributed by atoms with E-state index in [2.05, 4.69) is 25.9 Å². The third-order valence-electron chi connectivity index (χ3n) is 7.59. The summed E-state index contributed by atoms with van der Waals surface area (Å²) in [6.45, 7) is 5.43. The van der Waals surface area contributed by atoms with Crippen molar-refractivity contribution in [3.05, 3.63) is 126 Å². The van der Waals surface area contributed by atoms with Gasteiger partial charge < -0.3 is 33.2 Å². The minimum Gasteiger partial charge on any atom is -0.397 e. The average molecular weight is 624 g/mol. The number of nitrogens with one attached hydrogen (secondary N) is 3. The first-order chi connectivity index (χ1) is 22.8. The molecule has 11 nitrogen and oxygen atoms in total. The molecule has 6 aromatic rings. The van der Waals surface area contributed by atoms with Crippen LogP contribution in [-0.2, 0) is 19.6 Å². The zero-order chi connectivity index (χ0) is 32.8. The number of nitrogens with zero attached hydrogens (tertiary/aromatic N) is 5. The van der Waals surface area contributed by atoms with Crippen molar-refractivity contribution in [2.45, 2.75) is 33.5 Å². The van der Waals surface area contributed by atoms with Crippen molar-refractivity contribution in [1.82, 2.24) is 24.9 Å². The van der Waals surface area contributed by atoms with Gasteiger partial charge in [0.25, 0.3) is 0 Å². The molecule has 0 aliphatic heterocycles. The molecule has 47 heavy (non-hydrogen) atoms. The lowest BCUT2D eigenvalue weighted by molar-refractivity contribution is 1.03. The maximum Gasteiger partial charge on any atom is 0.114 e. The number of anilines is 6. The van der Waals surface area contributed by atoms with Crippen LogP contribution in [0.1, 0.15) is 28.3 Å². The van der Waals surface area contributed by atoms with E-state index in [1.165, 1.54) is 0 Å². The van der Waals surface area contributed by atoms with Gasteiger partial charge in [-0.05, 0) is 80.1 Å². The maximum absolute atomic E-state index is 6.67. The summed E-state index contributed by atoms with van der Waals surface area (Å²) in [7, 11) is 0. The number of aromatic nitrogens is 5. The molecule has 0 aliphatic rings. The highest BCUT2D eigenvalue weighted by molar-refractivity contribution is 5.82. The second-order valence-electron chi connectivity index (χ2n) is 11.2. The lowest BCUT2D eigenvalue weighted by Gasteiger charge is -2.15. The number of nitrogen functional groups attached to an aromatic ring is 3. The molecule has 11 heteroatoms. The van der Waals surface area contributed by atoms with Gasteiger partial charge in [0.2, 0.25) is 0 Å². The molecule has 0 unspecified atom stereocenters. The fraction of sp³-hybridized carbons (Fsp3) is 0.139. The SMILES string of the molecule is Cc1ccc(N)c(NCc2cccc(-c3nc(C)cc(NCc4cccc(-c5nccc(NCc6ccccn6)c5N)n4)c3N)n2)c1. The minimum atomic E-state index is 0.424. The lowest BCUT2D eigenvalue weighted by Crippen LogP contribution is -2.09. The molecule has 9 N–H and O–H groups in total. The zero-order valence-electron chi connectivity index (χ0n) is 26.3. The van der Waals surface area contributed by atoms with E-state index in [-0.39, 0.29) is 0 Å². The van der Waals surface area contributed by atoms with Gasteiger partial charge in [-0.1, -0.05) is 24.3 Å². The summed E-state index contributed by atoms with van der Waals surface area (Å²) < 4.78 is 0. The lowest BCUT2D eigenvalue weighted by atomic mass is 10.1. The minimum absolute atomic E-state index is 0.424. The van der Waals surface area contributed by atoms with Gasteiger partial charge in [-0.15, -0.1) is 0 Å². The molecule has 0 spiro atoms.